The highest BCUT2D eigenvalue weighted by Gasteiger charge is 2.59. The van der Waals surface area contributed by atoms with Crippen LogP contribution in [0.5, 0.6) is 0 Å². The number of carbonyl (C=O) groups excluding carboxylic acids is 1. The van der Waals surface area contributed by atoms with Crippen molar-refractivity contribution >= 4 is 17.7 Å². The minimum atomic E-state index is -0.564. The van der Waals surface area contributed by atoms with Gasteiger partial charge in [0.2, 0.25) is 5.91 Å². The standard InChI is InChI=1S/C20H22N2O2/c1-4-14-7-8-17-16(12-14)19(2,3)20(21-18(23)13-22(17)20)10-9-15-6-5-11-24-15/h5-12H,4,13H2,1-3H3,(H,21,23)/b10-9+/t20-/m1/s1. The van der Waals surface area contributed by atoms with E-state index >= 15 is 0 Å². The van der Waals surface area contributed by atoms with Gasteiger partial charge in [-0.2, -0.15) is 0 Å². The van der Waals surface area contributed by atoms with Gasteiger partial charge in [-0.15, -0.1) is 0 Å². The molecule has 4 rings (SSSR count). The second-order valence-electron chi connectivity index (χ2n) is 7.08. The number of benzene rings is 1. The third-order valence-corrected chi connectivity index (χ3v) is 5.48. The highest BCUT2D eigenvalue weighted by Crippen LogP contribution is 2.53. The smallest absolute Gasteiger partial charge is 0.241 e. The van der Waals surface area contributed by atoms with Crippen molar-refractivity contribution in [3.63, 3.8) is 0 Å². The lowest BCUT2D eigenvalue weighted by Crippen LogP contribution is -2.58. The van der Waals surface area contributed by atoms with Crippen LogP contribution in [0.4, 0.5) is 5.69 Å². The number of anilines is 1. The van der Waals surface area contributed by atoms with Crippen LogP contribution >= 0.6 is 0 Å². The number of fused-ring (bicyclic) bond motifs is 3. The van der Waals surface area contributed by atoms with Crippen molar-refractivity contribution < 1.29 is 9.21 Å². The fraction of sp³-hybridized carbons (Fsp3) is 0.350. The molecule has 1 saturated heterocycles. The number of aryl methyl sites for hydroxylation is 1. The minimum absolute atomic E-state index is 0.0531. The second kappa shape index (κ2) is 5.00. The molecule has 1 amide bonds. The molecule has 1 aromatic heterocycles. The average molecular weight is 322 g/mol. The Bertz CT molecular complexity index is 820. The van der Waals surface area contributed by atoms with Gasteiger partial charge in [0, 0.05) is 11.1 Å². The van der Waals surface area contributed by atoms with E-state index in [0.29, 0.717) is 6.54 Å². The van der Waals surface area contributed by atoms with Gasteiger partial charge in [-0.05, 0) is 47.9 Å². The van der Waals surface area contributed by atoms with Gasteiger partial charge in [-0.3, -0.25) is 4.79 Å². The summed E-state index contributed by atoms with van der Waals surface area (Å²) in [7, 11) is 0. The van der Waals surface area contributed by atoms with Gasteiger partial charge < -0.3 is 14.6 Å². The number of hydrogen-bond acceptors (Lipinski definition) is 3. The van der Waals surface area contributed by atoms with Crippen LogP contribution in [0.25, 0.3) is 6.08 Å². The van der Waals surface area contributed by atoms with Crippen molar-refractivity contribution in [1.82, 2.24) is 5.32 Å². The van der Waals surface area contributed by atoms with Crippen molar-refractivity contribution in [2.75, 3.05) is 11.4 Å². The van der Waals surface area contributed by atoms with Crippen LogP contribution in [0.1, 0.15) is 37.7 Å². The Kier molecular flexibility index (Phi) is 3.14. The van der Waals surface area contributed by atoms with Gasteiger partial charge in [0.1, 0.15) is 11.4 Å². The largest absolute Gasteiger partial charge is 0.465 e. The summed E-state index contributed by atoms with van der Waals surface area (Å²) in [5.74, 6) is 0.837. The van der Waals surface area contributed by atoms with E-state index in [1.165, 1.54) is 11.1 Å². The normalized spacial score (nSPS) is 24.3. The molecule has 4 nitrogen and oxygen atoms in total. The molecule has 1 atom stereocenters. The molecule has 0 aliphatic carbocycles. The molecule has 1 aromatic carbocycles. The molecule has 2 aliphatic rings. The number of amides is 1. The van der Waals surface area contributed by atoms with Crippen molar-refractivity contribution in [3.05, 3.63) is 59.6 Å². The molecule has 0 spiro atoms. The molecule has 1 N–H and O–H groups in total. The van der Waals surface area contributed by atoms with Crippen molar-refractivity contribution in [1.29, 1.82) is 0 Å². The van der Waals surface area contributed by atoms with Crippen molar-refractivity contribution in [2.24, 2.45) is 0 Å². The molecule has 4 heteroatoms. The fourth-order valence-corrected chi connectivity index (χ4v) is 4.03. The Morgan fingerprint density at radius 1 is 1.33 bits per heavy atom. The van der Waals surface area contributed by atoms with E-state index in [9.17, 15) is 4.79 Å². The van der Waals surface area contributed by atoms with E-state index in [1.54, 1.807) is 6.26 Å². The maximum atomic E-state index is 12.2. The van der Waals surface area contributed by atoms with Crippen molar-refractivity contribution in [3.8, 4) is 0 Å². The van der Waals surface area contributed by atoms with Crippen LogP contribution in [0, 0.1) is 0 Å². The van der Waals surface area contributed by atoms with E-state index < -0.39 is 5.66 Å². The van der Waals surface area contributed by atoms with E-state index in [1.807, 2.05) is 18.2 Å². The van der Waals surface area contributed by atoms with Crippen LogP contribution in [0.2, 0.25) is 0 Å². The summed E-state index contributed by atoms with van der Waals surface area (Å²) >= 11 is 0. The average Bonchev–Trinajstić information content (AvgIpc) is 3.23. The quantitative estimate of drug-likeness (QED) is 0.941. The highest BCUT2D eigenvalue weighted by molar-refractivity contribution is 5.91. The van der Waals surface area contributed by atoms with Gasteiger partial charge in [-0.25, -0.2) is 0 Å². The number of rotatable bonds is 3. The summed E-state index contributed by atoms with van der Waals surface area (Å²) in [5.41, 5.74) is 2.93. The summed E-state index contributed by atoms with van der Waals surface area (Å²) in [6.45, 7) is 6.94. The molecule has 0 unspecified atom stereocenters. The molecular weight excluding hydrogens is 300 g/mol. The molecule has 1 fully saturated rings. The number of nitrogens with one attached hydrogen (secondary N) is 1. The van der Waals surface area contributed by atoms with Crippen LogP contribution in [-0.2, 0) is 16.6 Å². The van der Waals surface area contributed by atoms with Crippen LogP contribution in [0.3, 0.4) is 0 Å². The second-order valence-corrected chi connectivity index (χ2v) is 7.08. The Morgan fingerprint density at radius 2 is 2.17 bits per heavy atom. The lowest BCUT2D eigenvalue weighted by molar-refractivity contribution is -0.118. The van der Waals surface area contributed by atoms with E-state index in [2.05, 4.69) is 55.3 Å². The summed E-state index contributed by atoms with van der Waals surface area (Å²) in [6, 6.07) is 10.4. The zero-order valence-electron chi connectivity index (χ0n) is 14.3. The Hall–Kier alpha value is -2.49. The third kappa shape index (κ3) is 1.89. The minimum Gasteiger partial charge on any atom is -0.465 e. The van der Waals surface area contributed by atoms with Gasteiger partial charge in [0.25, 0.3) is 0 Å². The molecule has 2 aromatic rings. The van der Waals surface area contributed by atoms with Crippen molar-refractivity contribution in [2.45, 2.75) is 38.3 Å². The molecule has 2 aliphatic heterocycles. The van der Waals surface area contributed by atoms with E-state index in [4.69, 9.17) is 4.42 Å². The number of nitrogens with zero attached hydrogens (tertiary/aromatic N) is 1. The molecule has 0 bridgehead atoms. The first-order chi connectivity index (χ1) is 11.5. The lowest BCUT2D eigenvalue weighted by Gasteiger charge is -2.40. The van der Waals surface area contributed by atoms with Gasteiger partial charge >= 0.3 is 0 Å². The van der Waals surface area contributed by atoms with Gasteiger partial charge in [0.15, 0.2) is 0 Å². The Balaban J connectivity index is 1.86. The first kappa shape index (κ1) is 15.1. The zero-order chi connectivity index (χ0) is 16.9. The summed E-state index contributed by atoms with van der Waals surface area (Å²) in [5, 5.41) is 3.22. The molecule has 0 radical (unpaired) electrons. The SMILES string of the molecule is CCc1ccc2c(c1)C(C)(C)[C@]1(/C=C/c3ccco3)NC(=O)CN21. The van der Waals surface area contributed by atoms with Gasteiger partial charge in [-0.1, -0.05) is 32.9 Å². The molecule has 24 heavy (non-hydrogen) atoms. The number of furan rings is 1. The first-order valence-corrected chi connectivity index (χ1v) is 8.43. The van der Waals surface area contributed by atoms with E-state index in [0.717, 1.165) is 17.9 Å². The molecule has 3 heterocycles. The summed E-state index contributed by atoms with van der Waals surface area (Å²) < 4.78 is 5.43. The first-order valence-electron chi connectivity index (χ1n) is 8.43. The Labute approximate surface area is 142 Å². The topological polar surface area (TPSA) is 45.5 Å². The maximum absolute atomic E-state index is 12.2. The van der Waals surface area contributed by atoms with Crippen LogP contribution in [0.15, 0.2) is 47.1 Å². The predicted octanol–water partition coefficient (Wildman–Crippen LogP) is 3.48. The molecule has 0 saturated carbocycles. The summed E-state index contributed by atoms with van der Waals surface area (Å²) in [4.78, 5) is 14.4. The number of carbonyl (C=O) groups is 1. The predicted molar refractivity (Wildman–Crippen MR) is 94.8 cm³/mol. The number of hydrogen-bond donors (Lipinski definition) is 1. The molecule has 124 valence electrons. The zero-order valence-corrected chi connectivity index (χ0v) is 14.3. The lowest BCUT2D eigenvalue weighted by atomic mass is 9.75. The van der Waals surface area contributed by atoms with Crippen LogP contribution in [-0.4, -0.2) is 18.1 Å². The van der Waals surface area contributed by atoms with Gasteiger partial charge in [0.05, 0.1) is 12.8 Å². The third-order valence-electron chi connectivity index (χ3n) is 5.48. The Morgan fingerprint density at radius 3 is 2.88 bits per heavy atom. The highest BCUT2D eigenvalue weighted by atomic mass is 16.3. The molecular formula is C20H22N2O2. The summed E-state index contributed by atoms with van der Waals surface area (Å²) in [6.07, 6.45) is 6.69. The fourth-order valence-electron chi connectivity index (χ4n) is 4.03. The maximum Gasteiger partial charge on any atom is 0.241 e. The van der Waals surface area contributed by atoms with E-state index in [-0.39, 0.29) is 11.3 Å². The monoisotopic (exact) mass is 322 g/mol. The van der Waals surface area contributed by atoms with Crippen LogP contribution < -0.4 is 10.2 Å².